The standard InChI is InChI=1S/C11H13BrF3N3O/c1-18-8(10(12)16-17-18)9(19)6-3-2-4-7(5-6)11(13,14)15/h6-7H,2-5H2,1H3. The molecule has 1 heterocycles. The average molecular weight is 340 g/mol. The largest absolute Gasteiger partial charge is 0.391 e. The predicted molar refractivity (Wildman–Crippen MR) is 64.5 cm³/mol. The number of aromatic nitrogens is 3. The number of hydrogen-bond acceptors (Lipinski definition) is 3. The van der Waals surface area contributed by atoms with Crippen LogP contribution in [-0.4, -0.2) is 27.0 Å². The molecule has 0 N–H and O–H groups in total. The zero-order chi connectivity index (χ0) is 14.2. The van der Waals surface area contributed by atoms with E-state index in [-0.39, 0.29) is 28.9 Å². The molecule has 0 aliphatic heterocycles. The summed E-state index contributed by atoms with van der Waals surface area (Å²) in [6.07, 6.45) is -3.34. The molecule has 1 aliphatic rings. The van der Waals surface area contributed by atoms with Gasteiger partial charge in [0.15, 0.2) is 10.4 Å². The molecule has 1 fully saturated rings. The minimum atomic E-state index is -4.22. The molecule has 0 spiro atoms. The van der Waals surface area contributed by atoms with Gasteiger partial charge >= 0.3 is 6.18 Å². The van der Waals surface area contributed by atoms with Crippen LogP contribution in [0.1, 0.15) is 36.2 Å². The lowest BCUT2D eigenvalue weighted by molar-refractivity contribution is -0.184. The number of aryl methyl sites for hydroxylation is 1. The van der Waals surface area contributed by atoms with E-state index in [1.54, 1.807) is 7.05 Å². The van der Waals surface area contributed by atoms with Crippen molar-refractivity contribution >= 4 is 21.7 Å². The highest BCUT2D eigenvalue weighted by Crippen LogP contribution is 2.41. The van der Waals surface area contributed by atoms with Gasteiger partial charge in [-0.05, 0) is 35.2 Å². The Morgan fingerprint density at radius 1 is 1.42 bits per heavy atom. The van der Waals surface area contributed by atoms with Gasteiger partial charge in [0.1, 0.15) is 5.69 Å². The number of halogens is 4. The molecule has 8 heteroatoms. The predicted octanol–water partition coefficient (Wildman–Crippen LogP) is 3.13. The summed E-state index contributed by atoms with van der Waals surface area (Å²) in [4.78, 5) is 12.3. The van der Waals surface area contributed by atoms with Crippen molar-refractivity contribution in [2.45, 2.75) is 31.9 Å². The van der Waals surface area contributed by atoms with Crippen LogP contribution in [0, 0.1) is 11.8 Å². The number of Topliss-reactive ketones (excluding diaryl/α,β-unsaturated/α-hetero) is 1. The molecule has 4 nitrogen and oxygen atoms in total. The lowest BCUT2D eigenvalue weighted by Crippen LogP contribution is -2.32. The fourth-order valence-corrected chi connectivity index (χ4v) is 3.03. The molecule has 0 saturated heterocycles. The van der Waals surface area contributed by atoms with Crippen molar-refractivity contribution in [3.63, 3.8) is 0 Å². The van der Waals surface area contributed by atoms with Gasteiger partial charge in [-0.3, -0.25) is 4.79 Å². The number of carbonyl (C=O) groups excluding carboxylic acids is 1. The topological polar surface area (TPSA) is 47.8 Å². The minimum absolute atomic E-state index is 0.109. The first-order valence-corrected chi connectivity index (χ1v) is 6.76. The third-order valence-corrected chi connectivity index (χ3v) is 4.06. The van der Waals surface area contributed by atoms with Crippen LogP contribution in [0.25, 0.3) is 0 Å². The number of rotatable bonds is 2. The first kappa shape index (κ1) is 14.5. The summed E-state index contributed by atoms with van der Waals surface area (Å²) >= 11 is 3.10. The van der Waals surface area contributed by atoms with E-state index in [1.165, 1.54) is 4.68 Å². The van der Waals surface area contributed by atoms with Crippen molar-refractivity contribution in [1.29, 1.82) is 0 Å². The summed E-state index contributed by atoms with van der Waals surface area (Å²) in [6, 6.07) is 0. The highest BCUT2D eigenvalue weighted by atomic mass is 79.9. The number of ketones is 1. The van der Waals surface area contributed by atoms with Crippen molar-refractivity contribution in [1.82, 2.24) is 15.0 Å². The lowest BCUT2D eigenvalue weighted by Gasteiger charge is -2.29. The molecule has 1 aromatic rings. The maximum atomic E-state index is 12.7. The van der Waals surface area contributed by atoms with Crippen molar-refractivity contribution in [2.24, 2.45) is 18.9 Å². The number of nitrogens with zero attached hydrogens (tertiary/aromatic N) is 3. The van der Waals surface area contributed by atoms with Crippen molar-refractivity contribution in [3.8, 4) is 0 Å². The maximum absolute atomic E-state index is 12.7. The van der Waals surface area contributed by atoms with Crippen molar-refractivity contribution in [2.75, 3.05) is 0 Å². The van der Waals surface area contributed by atoms with Gasteiger partial charge in [-0.1, -0.05) is 11.6 Å². The molecular weight excluding hydrogens is 327 g/mol. The Kier molecular flexibility index (Phi) is 3.98. The monoisotopic (exact) mass is 339 g/mol. The Labute approximate surface area is 116 Å². The molecule has 19 heavy (non-hydrogen) atoms. The summed E-state index contributed by atoms with van der Waals surface area (Å²) in [5.74, 6) is -2.29. The van der Waals surface area contributed by atoms with E-state index >= 15 is 0 Å². The van der Waals surface area contributed by atoms with E-state index < -0.39 is 18.0 Å². The van der Waals surface area contributed by atoms with Crippen LogP contribution in [-0.2, 0) is 7.05 Å². The van der Waals surface area contributed by atoms with Crippen LogP contribution in [0.3, 0.4) is 0 Å². The molecule has 1 saturated carbocycles. The first-order chi connectivity index (χ1) is 8.80. The smallest absolute Gasteiger partial charge is 0.292 e. The fraction of sp³-hybridized carbons (Fsp3) is 0.727. The first-order valence-electron chi connectivity index (χ1n) is 5.96. The summed E-state index contributed by atoms with van der Waals surface area (Å²) in [5.41, 5.74) is 0.243. The molecule has 2 unspecified atom stereocenters. The van der Waals surface area contributed by atoms with Gasteiger partial charge < -0.3 is 0 Å². The van der Waals surface area contributed by atoms with E-state index in [0.29, 0.717) is 12.8 Å². The molecular formula is C11H13BrF3N3O. The molecule has 106 valence electrons. The zero-order valence-corrected chi connectivity index (χ0v) is 11.8. The Hall–Kier alpha value is -0.920. The van der Waals surface area contributed by atoms with E-state index in [2.05, 4.69) is 26.2 Å². The number of hydrogen-bond donors (Lipinski definition) is 0. The lowest BCUT2D eigenvalue weighted by atomic mass is 9.78. The van der Waals surface area contributed by atoms with Gasteiger partial charge in [-0.2, -0.15) is 13.2 Å². The minimum Gasteiger partial charge on any atom is -0.292 e. The van der Waals surface area contributed by atoms with E-state index in [4.69, 9.17) is 0 Å². The highest BCUT2D eigenvalue weighted by molar-refractivity contribution is 9.10. The van der Waals surface area contributed by atoms with Crippen LogP contribution >= 0.6 is 15.9 Å². The summed E-state index contributed by atoms with van der Waals surface area (Å²) < 4.78 is 39.8. The van der Waals surface area contributed by atoms with Gasteiger partial charge in [0.05, 0.1) is 5.92 Å². The van der Waals surface area contributed by atoms with Crippen LogP contribution in [0.2, 0.25) is 0 Å². The second-order valence-electron chi connectivity index (χ2n) is 4.82. The van der Waals surface area contributed by atoms with Gasteiger partial charge in [-0.15, -0.1) is 5.10 Å². The third kappa shape index (κ3) is 2.98. The number of carbonyl (C=O) groups is 1. The molecule has 0 amide bonds. The average Bonchev–Trinajstić information content (AvgIpc) is 2.67. The SMILES string of the molecule is Cn1nnc(Br)c1C(=O)C1CCCC(C(F)(F)F)C1. The quantitative estimate of drug-likeness (QED) is 0.777. The summed E-state index contributed by atoms with van der Waals surface area (Å²) in [6.45, 7) is 0. The van der Waals surface area contributed by atoms with E-state index in [9.17, 15) is 18.0 Å². The van der Waals surface area contributed by atoms with Crippen molar-refractivity contribution < 1.29 is 18.0 Å². The zero-order valence-electron chi connectivity index (χ0n) is 10.2. The van der Waals surface area contributed by atoms with Crippen LogP contribution in [0.15, 0.2) is 4.60 Å². The summed E-state index contributed by atoms with van der Waals surface area (Å²) in [5, 5.41) is 7.36. The van der Waals surface area contributed by atoms with Gasteiger partial charge in [0.25, 0.3) is 0 Å². The van der Waals surface area contributed by atoms with E-state index in [0.717, 1.165) is 0 Å². The number of alkyl halides is 3. The second kappa shape index (κ2) is 5.22. The Balaban J connectivity index is 2.16. The third-order valence-electron chi connectivity index (χ3n) is 3.53. The molecule has 2 rings (SSSR count). The normalized spacial score (nSPS) is 24.5. The van der Waals surface area contributed by atoms with Crippen molar-refractivity contribution in [3.05, 3.63) is 10.3 Å². The molecule has 1 aromatic heterocycles. The highest BCUT2D eigenvalue weighted by Gasteiger charge is 2.44. The van der Waals surface area contributed by atoms with Crippen LogP contribution in [0.5, 0.6) is 0 Å². The Morgan fingerprint density at radius 3 is 2.63 bits per heavy atom. The van der Waals surface area contributed by atoms with Crippen LogP contribution < -0.4 is 0 Å². The molecule has 0 radical (unpaired) electrons. The molecule has 0 aromatic carbocycles. The molecule has 0 bridgehead atoms. The summed E-state index contributed by atoms with van der Waals surface area (Å²) in [7, 11) is 1.55. The van der Waals surface area contributed by atoms with Gasteiger partial charge in [0, 0.05) is 13.0 Å². The maximum Gasteiger partial charge on any atom is 0.391 e. The Morgan fingerprint density at radius 2 is 2.11 bits per heavy atom. The molecule has 2 atom stereocenters. The van der Waals surface area contributed by atoms with Crippen LogP contribution in [0.4, 0.5) is 13.2 Å². The molecule has 1 aliphatic carbocycles. The van der Waals surface area contributed by atoms with Gasteiger partial charge in [-0.25, -0.2) is 4.68 Å². The van der Waals surface area contributed by atoms with Gasteiger partial charge in [0.2, 0.25) is 0 Å². The fourth-order valence-electron chi connectivity index (χ4n) is 2.51. The second-order valence-corrected chi connectivity index (χ2v) is 5.57. The Bertz CT molecular complexity index is 467. The van der Waals surface area contributed by atoms with E-state index in [1.807, 2.05) is 0 Å².